The minimum atomic E-state index is 0.145. The summed E-state index contributed by atoms with van der Waals surface area (Å²) in [7, 11) is 1.64. The quantitative estimate of drug-likeness (QED) is 0.430. The van der Waals surface area contributed by atoms with E-state index in [1.54, 1.807) is 13.4 Å². The number of rotatable bonds is 7. The Labute approximate surface area is 190 Å². The average molecular weight is 447 g/mol. The molecule has 1 saturated heterocycles. The summed E-state index contributed by atoms with van der Waals surface area (Å²) in [6.07, 6.45) is 2.73. The van der Waals surface area contributed by atoms with E-state index in [-0.39, 0.29) is 5.91 Å². The van der Waals surface area contributed by atoms with Crippen LogP contribution in [0.2, 0.25) is 0 Å². The second kappa shape index (κ2) is 9.41. The lowest BCUT2D eigenvalue weighted by atomic mass is 10.1. The number of carbonyl (C=O) groups excluding carboxylic acids is 1. The van der Waals surface area contributed by atoms with Crippen LogP contribution in [-0.2, 0) is 22.5 Å². The zero-order valence-corrected chi connectivity index (χ0v) is 18.4. The Morgan fingerprint density at radius 2 is 2.03 bits per heavy atom. The van der Waals surface area contributed by atoms with Gasteiger partial charge in [-0.2, -0.15) is 4.98 Å². The van der Waals surface area contributed by atoms with Gasteiger partial charge in [0.05, 0.1) is 44.1 Å². The van der Waals surface area contributed by atoms with Crippen molar-refractivity contribution in [2.75, 3.05) is 33.4 Å². The third-order valence-corrected chi connectivity index (χ3v) is 5.77. The fourth-order valence-corrected chi connectivity index (χ4v) is 3.97. The standard InChI is InChI=1S/C24H25N5O4/c1-31-19-4-2-3-17(13-19)14-22-26-24(27-33-22)18-5-6-21-20(15-18)25-16-29(21)8-7-23(30)28-9-11-32-12-10-28/h2-6,13,15-16H,7-12,14H2,1H3. The van der Waals surface area contributed by atoms with Crippen LogP contribution in [-0.4, -0.2) is 63.9 Å². The SMILES string of the molecule is COc1cccc(Cc2nc(-c3ccc4c(c3)ncn4CCC(=O)N3CCOCC3)no2)c1. The van der Waals surface area contributed by atoms with E-state index in [9.17, 15) is 4.79 Å². The van der Waals surface area contributed by atoms with E-state index in [1.165, 1.54) is 0 Å². The second-order valence-corrected chi connectivity index (χ2v) is 7.92. The molecule has 0 saturated carbocycles. The van der Waals surface area contributed by atoms with E-state index in [0.717, 1.165) is 27.9 Å². The largest absolute Gasteiger partial charge is 0.497 e. The molecule has 2 aromatic heterocycles. The number of benzene rings is 2. The number of amides is 1. The van der Waals surface area contributed by atoms with Crippen LogP contribution in [0.15, 0.2) is 53.3 Å². The van der Waals surface area contributed by atoms with Crippen molar-refractivity contribution in [1.29, 1.82) is 0 Å². The summed E-state index contributed by atoms with van der Waals surface area (Å²) in [6.45, 7) is 3.13. The number of ether oxygens (including phenoxy) is 2. The summed E-state index contributed by atoms with van der Waals surface area (Å²) in [5.74, 6) is 1.99. The Hall–Kier alpha value is -3.72. The Morgan fingerprint density at radius 3 is 2.88 bits per heavy atom. The molecule has 1 fully saturated rings. The predicted molar refractivity (Wildman–Crippen MR) is 121 cm³/mol. The van der Waals surface area contributed by atoms with Crippen molar-refractivity contribution in [3.05, 3.63) is 60.2 Å². The van der Waals surface area contributed by atoms with E-state index in [1.807, 2.05) is 51.9 Å². The first-order valence-corrected chi connectivity index (χ1v) is 11.0. The monoisotopic (exact) mass is 447 g/mol. The molecule has 1 aliphatic rings. The van der Waals surface area contributed by atoms with Crippen LogP contribution in [0.3, 0.4) is 0 Å². The lowest BCUT2D eigenvalue weighted by Crippen LogP contribution is -2.40. The Morgan fingerprint density at radius 1 is 1.15 bits per heavy atom. The van der Waals surface area contributed by atoms with Crippen LogP contribution in [0.25, 0.3) is 22.4 Å². The Balaban J connectivity index is 1.27. The van der Waals surface area contributed by atoms with Gasteiger partial charge in [0.2, 0.25) is 17.6 Å². The van der Waals surface area contributed by atoms with Gasteiger partial charge in [-0.1, -0.05) is 17.3 Å². The number of hydrogen-bond donors (Lipinski definition) is 0. The minimum absolute atomic E-state index is 0.145. The molecule has 1 aliphatic heterocycles. The molecular formula is C24H25N5O4. The van der Waals surface area contributed by atoms with Gasteiger partial charge in [0.15, 0.2) is 0 Å². The number of nitrogens with zero attached hydrogens (tertiary/aromatic N) is 5. The Bertz CT molecular complexity index is 1260. The molecule has 0 spiro atoms. The summed E-state index contributed by atoms with van der Waals surface area (Å²) < 4.78 is 18.0. The zero-order valence-electron chi connectivity index (χ0n) is 18.4. The first kappa shape index (κ1) is 21.1. The van der Waals surface area contributed by atoms with Crippen molar-refractivity contribution in [2.45, 2.75) is 19.4 Å². The molecule has 0 atom stereocenters. The molecule has 0 bridgehead atoms. The highest BCUT2D eigenvalue weighted by atomic mass is 16.5. The molecule has 0 aliphatic carbocycles. The lowest BCUT2D eigenvalue weighted by molar-refractivity contribution is -0.135. The molecule has 0 unspecified atom stereocenters. The van der Waals surface area contributed by atoms with Crippen LogP contribution in [0, 0.1) is 0 Å². The van der Waals surface area contributed by atoms with E-state index >= 15 is 0 Å². The van der Waals surface area contributed by atoms with Crippen molar-refractivity contribution < 1.29 is 18.8 Å². The fraction of sp³-hybridized carbons (Fsp3) is 0.333. The van der Waals surface area contributed by atoms with Crippen molar-refractivity contribution >= 4 is 16.9 Å². The molecule has 33 heavy (non-hydrogen) atoms. The van der Waals surface area contributed by atoms with Crippen molar-refractivity contribution in [1.82, 2.24) is 24.6 Å². The molecule has 4 aromatic rings. The summed E-state index contributed by atoms with van der Waals surface area (Å²) in [4.78, 5) is 23.4. The van der Waals surface area contributed by atoms with Crippen LogP contribution in [0.4, 0.5) is 0 Å². The zero-order chi connectivity index (χ0) is 22.6. The maximum absolute atomic E-state index is 12.4. The van der Waals surface area contributed by atoms with Crippen molar-refractivity contribution in [3.8, 4) is 17.1 Å². The smallest absolute Gasteiger partial charge is 0.231 e. The van der Waals surface area contributed by atoms with E-state index in [4.69, 9.17) is 14.0 Å². The van der Waals surface area contributed by atoms with Gasteiger partial charge >= 0.3 is 0 Å². The van der Waals surface area contributed by atoms with Crippen molar-refractivity contribution in [3.63, 3.8) is 0 Å². The van der Waals surface area contributed by atoms with Crippen LogP contribution in [0.5, 0.6) is 5.75 Å². The molecule has 9 heteroatoms. The number of aryl methyl sites for hydroxylation is 1. The van der Waals surface area contributed by atoms with E-state index < -0.39 is 0 Å². The highest BCUT2D eigenvalue weighted by Gasteiger charge is 2.17. The van der Waals surface area contributed by atoms with Crippen LogP contribution < -0.4 is 4.74 Å². The molecule has 1 amide bonds. The van der Waals surface area contributed by atoms with Gasteiger partial charge < -0.3 is 23.5 Å². The first-order valence-electron chi connectivity index (χ1n) is 11.0. The number of methoxy groups -OCH3 is 1. The van der Waals surface area contributed by atoms with Gasteiger partial charge in [-0.3, -0.25) is 4.79 Å². The number of hydrogen-bond acceptors (Lipinski definition) is 7. The Kier molecular flexibility index (Phi) is 6.03. The van der Waals surface area contributed by atoms with Crippen molar-refractivity contribution in [2.24, 2.45) is 0 Å². The average Bonchev–Trinajstić information content (AvgIpc) is 3.50. The van der Waals surface area contributed by atoms with Gasteiger partial charge in [-0.15, -0.1) is 0 Å². The molecule has 9 nitrogen and oxygen atoms in total. The maximum atomic E-state index is 12.4. The lowest BCUT2D eigenvalue weighted by Gasteiger charge is -2.26. The molecule has 3 heterocycles. The third kappa shape index (κ3) is 4.73. The molecule has 170 valence electrons. The van der Waals surface area contributed by atoms with Gasteiger partial charge in [0.1, 0.15) is 5.75 Å². The minimum Gasteiger partial charge on any atom is -0.497 e. The summed E-state index contributed by atoms with van der Waals surface area (Å²) >= 11 is 0. The van der Waals surface area contributed by atoms with Gasteiger partial charge in [0.25, 0.3) is 0 Å². The number of aromatic nitrogens is 4. The van der Waals surface area contributed by atoms with E-state index in [0.29, 0.717) is 57.4 Å². The first-order chi connectivity index (χ1) is 16.2. The van der Waals surface area contributed by atoms with Gasteiger partial charge in [-0.05, 0) is 35.9 Å². The number of morpholine rings is 1. The topological polar surface area (TPSA) is 95.5 Å². The van der Waals surface area contributed by atoms with E-state index in [2.05, 4.69) is 15.1 Å². The number of imidazole rings is 1. The summed E-state index contributed by atoms with van der Waals surface area (Å²) in [5.41, 5.74) is 3.65. The predicted octanol–water partition coefficient (Wildman–Crippen LogP) is 2.93. The highest BCUT2D eigenvalue weighted by Crippen LogP contribution is 2.23. The molecule has 5 rings (SSSR count). The number of fused-ring (bicyclic) bond motifs is 1. The second-order valence-electron chi connectivity index (χ2n) is 7.92. The maximum Gasteiger partial charge on any atom is 0.231 e. The van der Waals surface area contributed by atoms with Crippen LogP contribution >= 0.6 is 0 Å². The highest BCUT2D eigenvalue weighted by molar-refractivity contribution is 5.81. The van der Waals surface area contributed by atoms with Gasteiger partial charge in [0, 0.05) is 31.6 Å². The third-order valence-electron chi connectivity index (χ3n) is 5.77. The fourth-order valence-electron chi connectivity index (χ4n) is 3.97. The normalized spacial score (nSPS) is 14.0. The molecular weight excluding hydrogens is 422 g/mol. The summed E-state index contributed by atoms with van der Waals surface area (Å²) in [6, 6.07) is 13.6. The number of carbonyl (C=O) groups is 1. The molecule has 0 radical (unpaired) electrons. The van der Waals surface area contributed by atoms with Gasteiger partial charge in [-0.25, -0.2) is 4.98 Å². The summed E-state index contributed by atoms with van der Waals surface area (Å²) in [5, 5.41) is 4.14. The van der Waals surface area contributed by atoms with Crippen LogP contribution in [0.1, 0.15) is 17.9 Å². The molecule has 2 aromatic carbocycles. The molecule has 0 N–H and O–H groups in total.